The van der Waals surface area contributed by atoms with Crippen LogP contribution in [-0.4, -0.2) is 0 Å². The van der Waals surface area contributed by atoms with Gasteiger partial charge in [0, 0.05) is 44.4 Å². The van der Waals surface area contributed by atoms with E-state index < -0.39 is 0 Å². The van der Waals surface area contributed by atoms with Gasteiger partial charge in [-0.05, 0) is 182 Å². The zero-order chi connectivity index (χ0) is 61.8. The summed E-state index contributed by atoms with van der Waals surface area (Å²) in [5.74, 6) is 0. The normalized spacial score (nSPS) is 14.0. The average Bonchev–Trinajstić information content (AvgIpc) is 1.48. The molecule has 13 aromatic carbocycles. The lowest BCUT2D eigenvalue weighted by atomic mass is 9.81. The number of hydrogen-bond donors (Lipinski definition) is 0. The molecule has 2 aliphatic rings. The van der Waals surface area contributed by atoms with Gasteiger partial charge in [-0.3, -0.25) is 0 Å². The van der Waals surface area contributed by atoms with Crippen LogP contribution in [-0.2, 0) is 21.7 Å². The van der Waals surface area contributed by atoms with Crippen LogP contribution < -0.4 is 9.80 Å². The highest BCUT2D eigenvalue weighted by Gasteiger charge is 2.38. The largest absolute Gasteiger partial charge is 0.310 e. The molecule has 0 atom stereocenters. The highest BCUT2D eigenvalue weighted by molar-refractivity contribution is 6.16. The number of benzene rings is 13. The third-order valence-electron chi connectivity index (χ3n) is 19.7. The van der Waals surface area contributed by atoms with Crippen molar-refractivity contribution in [2.45, 2.75) is 90.9 Å². The predicted molar refractivity (Wildman–Crippen MR) is 389 cm³/mol. The first-order chi connectivity index (χ1) is 43.4. The van der Waals surface area contributed by atoms with Crippen molar-refractivity contribution >= 4 is 102 Å². The Morgan fingerprint density at radius 2 is 0.556 bits per heavy atom. The van der Waals surface area contributed by atoms with Gasteiger partial charge in [-0.15, -0.1) is 0 Å². The second-order valence-electron chi connectivity index (χ2n) is 28.2. The summed E-state index contributed by atoms with van der Waals surface area (Å²) in [5, 5.41) is 9.99. The Labute approximate surface area is 531 Å². The number of rotatable bonds is 10. The summed E-state index contributed by atoms with van der Waals surface area (Å²) < 4.78 is 0. The van der Waals surface area contributed by atoms with Crippen LogP contribution in [0.15, 0.2) is 255 Å². The second-order valence-corrected chi connectivity index (χ2v) is 28.2. The third kappa shape index (κ3) is 9.73. The van der Waals surface area contributed by atoms with Gasteiger partial charge in [-0.2, -0.15) is 0 Å². The molecule has 0 N–H and O–H groups in total. The summed E-state index contributed by atoms with van der Waals surface area (Å²) in [7, 11) is 0. The van der Waals surface area contributed by atoms with Crippen LogP contribution in [0.5, 0.6) is 0 Å². The number of fused-ring (bicyclic) bond motifs is 12. The summed E-state index contributed by atoms with van der Waals surface area (Å²) >= 11 is 0. The summed E-state index contributed by atoms with van der Waals surface area (Å²) in [4.78, 5) is 4.96. The van der Waals surface area contributed by atoms with Crippen LogP contribution >= 0.6 is 0 Å². The number of nitrogens with zero attached hydrogens (tertiary/aromatic N) is 2. The monoisotopic (exact) mass is 1160 g/mol. The molecule has 2 aliphatic carbocycles. The van der Waals surface area contributed by atoms with E-state index >= 15 is 0 Å². The van der Waals surface area contributed by atoms with Crippen molar-refractivity contribution in [3.63, 3.8) is 0 Å². The Kier molecular flexibility index (Phi) is 13.4. The molecule has 15 rings (SSSR count). The zero-order valence-electron chi connectivity index (χ0n) is 53.5. The molecule has 2 nitrogen and oxygen atoms in total. The van der Waals surface area contributed by atoms with Gasteiger partial charge in [0.25, 0.3) is 0 Å². The lowest BCUT2D eigenvalue weighted by Gasteiger charge is -2.30. The Morgan fingerprint density at radius 1 is 0.267 bits per heavy atom. The van der Waals surface area contributed by atoms with E-state index in [0.29, 0.717) is 0 Å². The topological polar surface area (TPSA) is 6.48 Å². The Balaban J connectivity index is 0.680. The van der Waals surface area contributed by atoms with Crippen molar-refractivity contribution in [1.29, 1.82) is 0 Å². The first-order valence-electron chi connectivity index (χ1n) is 32.0. The van der Waals surface area contributed by atoms with Crippen LogP contribution in [0.4, 0.5) is 34.1 Å². The van der Waals surface area contributed by atoms with E-state index in [1.807, 2.05) is 0 Å². The van der Waals surface area contributed by atoms with Gasteiger partial charge in [0.2, 0.25) is 0 Å². The smallest absolute Gasteiger partial charge is 0.0546 e. The molecule has 0 heterocycles. The van der Waals surface area contributed by atoms with E-state index in [-0.39, 0.29) is 21.7 Å². The standard InChI is InChI=1S/C88H76N2/c1-85(2,3)63-37-41-65(42-38-63)89(83-53-61-19-11-13-21-69(61)71-23-15-17-25-77(71)83)67-45-49-75-73-47-35-59(51-79(73)87(7,8)81(75)55-67)33-31-57-27-29-58(30-28-57)32-34-60-36-48-74-76-50-46-68(56-82(76)88(9,10)80(74)52-60)90(66-43-39-64(40-44-66)86(4,5)6)84-54-62-20-12-14-22-70(62)72-24-16-18-26-78(72)84/h11-56H,1-10H3. The van der Waals surface area contributed by atoms with Crippen LogP contribution in [0.2, 0.25) is 0 Å². The van der Waals surface area contributed by atoms with Crippen molar-refractivity contribution < 1.29 is 0 Å². The molecule has 0 unspecified atom stereocenters. The van der Waals surface area contributed by atoms with Crippen LogP contribution in [0, 0.1) is 0 Å². The summed E-state index contributed by atoms with van der Waals surface area (Å²) in [6.45, 7) is 23.3. The van der Waals surface area contributed by atoms with Crippen molar-refractivity contribution in [3.05, 3.63) is 310 Å². The minimum atomic E-state index is -0.218. The zero-order valence-corrected chi connectivity index (χ0v) is 53.5. The first kappa shape index (κ1) is 56.5. The molecule has 0 spiro atoms. The highest BCUT2D eigenvalue weighted by atomic mass is 15.1. The number of anilines is 6. The molecule has 0 radical (unpaired) electrons. The fourth-order valence-electron chi connectivity index (χ4n) is 14.6. The average molecular weight is 1160 g/mol. The van der Waals surface area contributed by atoms with E-state index in [0.717, 1.165) is 22.7 Å². The Hall–Kier alpha value is -10.0. The molecule has 0 fully saturated rings. The van der Waals surface area contributed by atoms with E-state index in [9.17, 15) is 0 Å². The molecule has 13 aromatic rings. The minimum Gasteiger partial charge on any atom is -0.310 e. The van der Waals surface area contributed by atoms with Crippen LogP contribution in [0.25, 0.3) is 89.6 Å². The summed E-state index contributed by atoms with van der Waals surface area (Å²) in [6, 6.07) is 95.8. The first-order valence-corrected chi connectivity index (χ1v) is 32.0. The maximum Gasteiger partial charge on any atom is 0.0546 e. The quantitative estimate of drug-likeness (QED) is 0.0995. The second kappa shape index (κ2) is 21.4. The molecule has 0 saturated heterocycles. The van der Waals surface area contributed by atoms with Crippen molar-refractivity contribution in [1.82, 2.24) is 0 Å². The van der Waals surface area contributed by atoms with Crippen molar-refractivity contribution in [3.8, 4) is 22.3 Å². The maximum atomic E-state index is 2.48. The van der Waals surface area contributed by atoms with Gasteiger partial charge in [0.15, 0.2) is 0 Å². The van der Waals surface area contributed by atoms with Crippen molar-refractivity contribution in [2.75, 3.05) is 9.80 Å². The van der Waals surface area contributed by atoms with Crippen LogP contribution in [0.1, 0.15) is 125 Å². The van der Waals surface area contributed by atoms with Gasteiger partial charge in [-0.25, -0.2) is 0 Å². The van der Waals surface area contributed by atoms with Crippen LogP contribution in [0.3, 0.4) is 0 Å². The van der Waals surface area contributed by atoms with Gasteiger partial charge in [-0.1, -0.05) is 288 Å². The lowest BCUT2D eigenvalue weighted by molar-refractivity contribution is 0.590. The molecule has 438 valence electrons. The van der Waals surface area contributed by atoms with E-state index in [2.05, 4.69) is 358 Å². The minimum absolute atomic E-state index is 0.0500. The highest BCUT2D eigenvalue weighted by Crippen LogP contribution is 2.54. The van der Waals surface area contributed by atoms with Gasteiger partial charge in [0.1, 0.15) is 0 Å². The molecular formula is C88H76N2. The fraction of sp³-hybridized carbons (Fsp3) is 0.159. The summed E-state index contributed by atoms with van der Waals surface area (Å²) in [6.07, 6.45) is 9.03. The van der Waals surface area contributed by atoms with E-state index in [4.69, 9.17) is 0 Å². The van der Waals surface area contributed by atoms with Crippen molar-refractivity contribution in [2.24, 2.45) is 0 Å². The molecule has 0 bridgehead atoms. The molecule has 0 amide bonds. The molecular weight excluding hydrogens is 1080 g/mol. The SMILES string of the molecule is CC(C)(C)c1ccc(N(c2ccc3c(c2)C(C)(C)c2cc(C=Cc4ccc(C=Cc5ccc6c(c5)C(C)(C)c5cc(N(c7ccc(C(C)(C)C)cc7)c7cc8ccccc8c8ccccc78)ccc5-6)cc4)ccc2-3)c2cc3ccccc3c3ccccc23)cc1. The maximum absolute atomic E-state index is 2.48. The fourth-order valence-corrected chi connectivity index (χ4v) is 14.6. The van der Waals surface area contributed by atoms with E-state index in [1.165, 1.54) is 132 Å². The molecule has 2 heteroatoms. The summed E-state index contributed by atoms with van der Waals surface area (Å²) in [5.41, 5.74) is 24.6. The molecule has 0 saturated carbocycles. The molecule has 0 aliphatic heterocycles. The van der Waals surface area contributed by atoms with Gasteiger partial charge in [0.05, 0.1) is 11.4 Å². The van der Waals surface area contributed by atoms with E-state index in [1.54, 1.807) is 0 Å². The third-order valence-corrected chi connectivity index (χ3v) is 19.7. The molecule has 90 heavy (non-hydrogen) atoms. The van der Waals surface area contributed by atoms with Gasteiger partial charge < -0.3 is 9.80 Å². The number of hydrogen-bond acceptors (Lipinski definition) is 2. The Bertz CT molecular complexity index is 4730. The lowest BCUT2D eigenvalue weighted by Crippen LogP contribution is -2.17. The Morgan fingerprint density at radius 3 is 0.922 bits per heavy atom. The predicted octanol–water partition coefficient (Wildman–Crippen LogP) is 24.8. The molecule has 0 aromatic heterocycles. The van der Waals surface area contributed by atoms with Gasteiger partial charge >= 0.3 is 0 Å².